The Labute approximate surface area is 194 Å². The lowest BCUT2D eigenvalue weighted by molar-refractivity contribution is 0.0946. The third kappa shape index (κ3) is 6.04. The molecule has 0 aliphatic heterocycles. The number of hydrogen-bond acceptors (Lipinski definition) is 5. The van der Waals surface area contributed by atoms with Gasteiger partial charge in [-0.3, -0.25) is 9.52 Å². The van der Waals surface area contributed by atoms with E-state index in [0.717, 1.165) is 11.1 Å². The molecule has 8 heteroatoms. The van der Waals surface area contributed by atoms with Crippen molar-refractivity contribution in [1.82, 2.24) is 5.32 Å². The SMILES string of the molecule is COc1cccc(OCCNC(=O)c2ccc(C)c(S(=O)(=O)Nc3cccc(C)c3C)c2)c1. The molecule has 174 valence electrons. The summed E-state index contributed by atoms with van der Waals surface area (Å²) in [6.07, 6.45) is 0. The first-order chi connectivity index (χ1) is 15.7. The molecule has 0 aliphatic rings. The van der Waals surface area contributed by atoms with Gasteiger partial charge in [-0.1, -0.05) is 24.3 Å². The van der Waals surface area contributed by atoms with Crippen LogP contribution in [0.1, 0.15) is 27.0 Å². The van der Waals surface area contributed by atoms with Gasteiger partial charge in [0.2, 0.25) is 0 Å². The van der Waals surface area contributed by atoms with Crippen molar-refractivity contribution in [3.05, 3.63) is 82.9 Å². The van der Waals surface area contributed by atoms with Crippen LogP contribution in [0.2, 0.25) is 0 Å². The first-order valence-electron chi connectivity index (χ1n) is 10.5. The molecule has 0 fully saturated rings. The fraction of sp³-hybridized carbons (Fsp3) is 0.240. The van der Waals surface area contributed by atoms with E-state index in [2.05, 4.69) is 10.0 Å². The van der Waals surface area contributed by atoms with Crippen LogP contribution in [0.3, 0.4) is 0 Å². The lowest BCUT2D eigenvalue weighted by Gasteiger charge is -2.14. The number of hydrogen-bond donors (Lipinski definition) is 2. The van der Waals surface area contributed by atoms with Crippen LogP contribution in [0.5, 0.6) is 11.5 Å². The smallest absolute Gasteiger partial charge is 0.262 e. The Morgan fingerprint density at radius 1 is 0.909 bits per heavy atom. The van der Waals surface area contributed by atoms with E-state index in [-0.39, 0.29) is 29.5 Å². The quantitative estimate of drug-likeness (QED) is 0.459. The Morgan fingerprint density at radius 3 is 2.39 bits per heavy atom. The van der Waals surface area contributed by atoms with E-state index in [1.165, 1.54) is 6.07 Å². The van der Waals surface area contributed by atoms with Gasteiger partial charge in [0.25, 0.3) is 15.9 Å². The molecule has 0 saturated heterocycles. The molecule has 2 N–H and O–H groups in total. The van der Waals surface area contributed by atoms with Gasteiger partial charge in [-0.05, 0) is 67.8 Å². The summed E-state index contributed by atoms with van der Waals surface area (Å²) < 4.78 is 39.5. The molecule has 0 saturated carbocycles. The summed E-state index contributed by atoms with van der Waals surface area (Å²) in [6, 6.07) is 17.2. The normalized spacial score (nSPS) is 11.0. The number of anilines is 1. The summed E-state index contributed by atoms with van der Waals surface area (Å²) in [4.78, 5) is 12.7. The van der Waals surface area contributed by atoms with Crippen LogP contribution in [0.15, 0.2) is 65.6 Å². The zero-order valence-corrected chi connectivity index (χ0v) is 20.0. The molecule has 0 atom stereocenters. The molecular formula is C25H28N2O5S. The maximum absolute atomic E-state index is 13.1. The second kappa shape index (κ2) is 10.4. The van der Waals surface area contributed by atoms with Gasteiger partial charge in [-0.25, -0.2) is 8.42 Å². The predicted molar refractivity (Wildman–Crippen MR) is 129 cm³/mol. The number of sulfonamides is 1. The lowest BCUT2D eigenvalue weighted by atomic mass is 10.1. The molecule has 3 aromatic carbocycles. The Kier molecular flexibility index (Phi) is 7.60. The number of methoxy groups -OCH3 is 1. The zero-order chi connectivity index (χ0) is 24.0. The standard InChI is InChI=1S/C25H28N2O5S/c1-17-7-5-10-23(19(17)3)27-33(29,30)24-15-20(12-11-18(24)2)25(28)26-13-14-32-22-9-6-8-21(16-22)31-4/h5-12,15-16,27H,13-14H2,1-4H3,(H,26,28). The molecule has 0 aliphatic carbocycles. The Balaban J connectivity index is 1.67. The highest BCUT2D eigenvalue weighted by atomic mass is 32.2. The van der Waals surface area contributed by atoms with Gasteiger partial charge >= 0.3 is 0 Å². The topological polar surface area (TPSA) is 93.7 Å². The van der Waals surface area contributed by atoms with Gasteiger partial charge in [0.05, 0.1) is 24.2 Å². The number of nitrogens with one attached hydrogen (secondary N) is 2. The van der Waals surface area contributed by atoms with E-state index in [0.29, 0.717) is 22.7 Å². The molecular weight excluding hydrogens is 440 g/mol. The largest absolute Gasteiger partial charge is 0.497 e. The molecule has 0 heterocycles. The van der Waals surface area contributed by atoms with E-state index in [1.807, 2.05) is 32.0 Å². The summed E-state index contributed by atoms with van der Waals surface area (Å²) >= 11 is 0. The highest BCUT2D eigenvalue weighted by molar-refractivity contribution is 7.92. The first kappa shape index (κ1) is 24.1. The van der Waals surface area contributed by atoms with Gasteiger partial charge in [-0.15, -0.1) is 0 Å². The second-order valence-electron chi connectivity index (χ2n) is 7.62. The number of aryl methyl sites for hydroxylation is 2. The highest BCUT2D eigenvalue weighted by Crippen LogP contribution is 2.24. The summed E-state index contributed by atoms with van der Waals surface area (Å²) in [5.74, 6) is 0.927. The van der Waals surface area contributed by atoms with Gasteiger partial charge in [-0.2, -0.15) is 0 Å². The number of rotatable bonds is 9. The Bertz CT molecular complexity index is 1260. The van der Waals surface area contributed by atoms with E-state index in [9.17, 15) is 13.2 Å². The van der Waals surface area contributed by atoms with Crippen LogP contribution < -0.4 is 19.5 Å². The summed E-state index contributed by atoms with van der Waals surface area (Å²) in [7, 11) is -2.30. The highest BCUT2D eigenvalue weighted by Gasteiger charge is 2.20. The lowest BCUT2D eigenvalue weighted by Crippen LogP contribution is -2.28. The third-order valence-corrected chi connectivity index (χ3v) is 6.79. The van der Waals surface area contributed by atoms with Crippen molar-refractivity contribution in [3.8, 4) is 11.5 Å². The summed E-state index contributed by atoms with van der Waals surface area (Å²) in [5, 5.41) is 2.75. The minimum Gasteiger partial charge on any atom is -0.497 e. The van der Waals surface area contributed by atoms with Crippen molar-refractivity contribution in [2.75, 3.05) is 25.0 Å². The van der Waals surface area contributed by atoms with Crippen molar-refractivity contribution >= 4 is 21.6 Å². The van der Waals surface area contributed by atoms with Crippen LogP contribution >= 0.6 is 0 Å². The van der Waals surface area contributed by atoms with Crippen LogP contribution in [0, 0.1) is 20.8 Å². The maximum atomic E-state index is 13.1. The van der Waals surface area contributed by atoms with Crippen molar-refractivity contribution in [3.63, 3.8) is 0 Å². The molecule has 7 nitrogen and oxygen atoms in total. The average Bonchev–Trinajstić information content (AvgIpc) is 2.80. The van der Waals surface area contributed by atoms with Gasteiger partial charge < -0.3 is 14.8 Å². The molecule has 33 heavy (non-hydrogen) atoms. The van der Waals surface area contributed by atoms with Gasteiger partial charge in [0.1, 0.15) is 18.1 Å². The number of amides is 1. The first-order valence-corrected chi connectivity index (χ1v) is 11.9. The second-order valence-corrected chi connectivity index (χ2v) is 9.27. The predicted octanol–water partition coefficient (Wildman–Crippen LogP) is 4.23. The number of benzene rings is 3. The average molecular weight is 469 g/mol. The van der Waals surface area contributed by atoms with Gasteiger partial charge in [0, 0.05) is 11.6 Å². The number of carbonyl (C=O) groups excluding carboxylic acids is 1. The van der Waals surface area contributed by atoms with Crippen LogP contribution in [0.4, 0.5) is 5.69 Å². The van der Waals surface area contributed by atoms with Crippen LogP contribution in [-0.2, 0) is 10.0 Å². The zero-order valence-electron chi connectivity index (χ0n) is 19.1. The van der Waals surface area contributed by atoms with Crippen LogP contribution in [-0.4, -0.2) is 34.6 Å². The molecule has 0 bridgehead atoms. The molecule has 0 radical (unpaired) electrons. The fourth-order valence-electron chi connectivity index (χ4n) is 3.22. The molecule has 0 spiro atoms. The van der Waals surface area contributed by atoms with Crippen molar-refractivity contribution in [2.24, 2.45) is 0 Å². The van der Waals surface area contributed by atoms with Gasteiger partial charge in [0.15, 0.2) is 0 Å². The maximum Gasteiger partial charge on any atom is 0.262 e. The Morgan fingerprint density at radius 2 is 1.64 bits per heavy atom. The van der Waals surface area contributed by atoms with E-state index < -0.39 is 10.0 Å². The minimum absolute atomic E-state index is 0.0590. The number of ether oxygens (including phenoxy) is 2. The van der Waals surface area contributed by atoms with Crippen LogP contribution in [0.25, 0.3) is 0 Å². The summed E-state index contributed by atoms with van der Waals surface area (Å²) in [6.45, 7) is 5.98. The minimum atomic E-state index is -3.87. The van der Waals surface area contributed by atoms with E-state index >= 15 is 0 Å². The molecule has 1 amide bonds. The van der Waals surface area contributed by atoms with E-state index in [1.54, 1.807) is 50.4 Å². The van der Waals surface area contributed by atoms with Crippen molar-refractivity contribution in [1.29, 1.82) is 0 Å². The van der Waals surface area contributed by atoms with Crippen molar-refractivity contribution < 1.29 is 22.7 Å². The summed E-state index contributed by atoms with van der Waals surface area (Å²) in [5.41, 5.74) is 3.15. The Hall–Kier alpha value is -3.52. The fourth-order valence-corrected chi connectivity index (χ4v) is 4.61. The monoisotopic (exact) mass is 468 g/mol. The molecule has 0 unspecified atom stereocenters. The van der Waals surface area contributed by atoms with Crippen molar-refractivity contribution in [2.45, 2.75) is 25.7 Å². The molecule has 0 aromatic heterocycles. The number of carbonyl (C=O) groups is 1. The third-order valence-electron chi connectivity index (χ3n) is 5.29. The van der Waals surface area contributed by atoms with E-state index in [4.69, 9.17) is 9.47 Å². The molecule has 3 aromatic rings. The molecule has 3 rings (SSSR count).